The fourth-order valence-corrected chi connectivity index (χ4v) is 3.50. The lowest BCUT2D eigenvalue weighted by molar-refractivity contribution is 0.276. The third kappa shape index (κ3) is 3.66. The van der Waals surface area contributed by atoms with Crippen LogP contribution in [0.5, 0.6) is 0 Å². The van der Waals surface area contributed by atoms with Crippen LogP contribution in [0.15, 0.2) is 54.7 Å². The van der Waals surface area contributed by atoms with Gasteiger partial charge in [0.25, 0.3) is 0 Å². The number of aromatic nitrogens is 4. The highest BCUT2D eigenvalue weighted by atomic mass is 16.3. The van der Waals surface area contributed by atoms with Crippen molar-refractivity contribution in [1.82, 2.24) is 19.7 Å². The molecule has 0 unspecified atom stereocenters. The normalized spacial score (nSPS) is 12.1. The van der Waals surface area contributed by atoms with Gasteiger partial charge in [0.15, 0.2) is 5.82 Å². The van der Waals surface area contributed by atoms with Gasteiger partial charge in [-0.3, -0.25) is 4.98 Å². The molecule has 0 fully saturated rings. The predicted octanol–water partition coefficient (Wildman–Crippen LogP) is 3.65. The second-order valence-electron chi connectivity index (χ2n) is 7.11. The van der Waals surface area contributed by atoms with E-state index < -0.39 is 0 Å². The monoisotopic (exact) mass is 398 g/mol. The molecular weight excluding hydrogens is 376 g/mol. The van der Waals surface area contributed by atoms with E-state index in [1.54, 1.807) is 16.9 Å². The van der Waals surface area contributed by atoms with Crippen LogP contribution in [0.4, 0.5) is 0 Å². The van der Waals surface area contributed by atoms with Gasteiger partial charge >= 0.3 is 0 Å². The Balaban J connectivity index is 1.86. The van der Waals surface area contributed by atoms with E-state index in [9.17, 15) is 10.4 Å². The van der Waals surface area contributed by atoms with E-state index in [0.29, 0.717) is 17.1 Å². The third-order valence-electron chi connectivity index (χ3n) is 5.03. The number of aliphatic hydroxyl groups is 1. The first kappa shape index (κ1) is 19.7. The number of pyridine rings is 2. The number of hydrogen-bond acceptors (Lipinski definition) is 6. The van der Waals surface area contributed by atoms with Crippen molar-refractivity contribution in [2.45, 2.75) is 32.4 Å². The highest BCUT2D eigenvalue weighted by Crippen LogP contribution is 2.29. The summed E-state index contributed by atoms with van der Waals surface area (Å²) in [7, 11) is 0. The predicted molar refractivity (Wildman–Crippen MR) is 115 cm³/mol. The maximum atomic E-state index is 9.71. The minimum atomic E-state index is -0.156. The summed E-state index contributed by atoms with van der Waals surface area (Å²) in [6, 6.07) is 17.1. The topological polar surface area (TPSA) is 114 Å². The Kier molecular flexibility index (Phi) is 5.53. The number of benzene rings is 1. The number of hydrogen-bond donors (Lipinski definition) is 2. The second-order valence-corrected chi connectivity index (χ2v) is 7.11. The number of nitriles is 1. The van der Waals surface area contributed by atoms with E-state index in [1.165, 1.54) is 0 Å². The van der Waals surface area contributed by atoms with Crippen molar-refractivity contribution in [2.24, 2.45) is 5.73 Å². The molecule has 0 bridgehead atoms. The lowest BCUT2D eigenvalue weighted by Crippen LogP contribution is -2.11. The number of nitrogens with zero attached hydrogens (tertiary/aromatic N) is 5. The molecular formula is C23H22N6O. The van der Waals surface area contributed by atoms with Crippen LogP contribution in [0.1, 0.15) is 42.8 Å². The molecule has 1 atom stereocenters. The molecule has 0 saturated carbocycles. The van der Waals surface area contributed by atoms with Crippen LogP contribution in [-0.4, -0.2) is 24.9 Å². The molecule has 3 N–H and O–H groups in total. The van der Waals surface area contributed by atoms with Crippen LogP contribution in [0.2, 0.25) is 0 Å². The van der Waals surface area contributed by atoms with Crippen molar-refractivity contribution < 1.29 is 5.11 Å². The summed E-state index contributed by atoms with van der Waals surface area (Å²) in [6.07, 6.45) is 3.50. The highest BCUT2D eigenvalue weighted by molar-refractivity contribution is 5.90. The highest BCUT2D eigenvalue weighted by Gasteiger charge is 2.14. The zero-order valence-corrected chi connectivity index (χ0v) is 16.7. The molecule has 0 aliphatic heterocycles. The molecule has 1 aromatic carbocycles. The van der Waals surface area contributed by atoms with Gasteiger partial charge in [0.05, 0.1) is 47.0 Å². The summed E-state index contributed by atoms with van der Waals surface area (Å²) >= 11 is 0. The van der Waals surface area contributed by atoms with Crippen LogP contribution in [0, 0.1) is 11.3 Å². The summed E-state index contributed by atoms with van der Waals surface area (Å²) in [4.78, 5) is 9.18. The molecule has 0 aliphatic rings. The summed E-state index contributed by atoms with van der Waals surface area (Å²) in [5.41, 5.74) is 10.5. The first-order valence-electron chi connectivity index (χ1n) is 9.86. The molecule has 0 aliphatic carbocycles. The van der Waals surface area contributed by atoms with Crippen molar-refractivity contribution in [3.63, 3.8) is 0 Å². The molecule has 0 spiro atoms. The van der Waals surface area contributed by atoms with Crippen molar-refractivity contribution in [2.75, 3.05) is 0 Å². The SMILES string of the molecule is CCC[C@H](N)c1cccc(-c2cc(C#N)c3cnn(-c4cccc(CO)n4)c3c2)n1. The van der Waals surface area contributed by atoms with E-state index in [0.717, 1.165) is 40.7 Å². The first-order chi connectivity index (χ1) is 14.6. The largest absolute Gasteiger partial charge is 0.390 e. The summed E-state index contributed by atoms with van der Waals surface area (Å²) in [6.45, 7) is 1.94. The smallest absolute Gasteiger partial charge is 0.154 e. The molecule has 0 radical (unpaired) electrons. The van der Waals surface area contributed by atoms with E-state index in [-0.39, 0.29) is 12.6 Å². The molecule has 30 heavy (non-hydrogen) atoms. The maximum Gasteiger partial charge on any atom is 0.154 e. The minimum absolute atomic E-state index is 0.120. The molecule has 4 aromatic rings. The number of aliphatic hydroxyl groups excluding tert-OH is 1. The molecule has 7 heteroatoms. The Morgan fingerprint density at radius 1 is 1.17 bits per heavy atom. The molecule has 3 heterocycles. The fraction of sp³-hybridized carbons (Fsp3) is 0.217. The zero-order valence-electron chi connectivity index (χ0n) is 16.7. The van der Waals surface area contributed by atoms with Crippen LogP contribution in [0.3, 0.4) is 0 Å². The quantitative estimate of drug-likeness (QED) is 0.512. The summed E-state index contributed by atoms with van der Waals surface area (Å²) in [5, 5.41) is 24.3. The van der Waals surface area contributed by atoms with Gasteiger partial charge in [0, 0.05) is 17.0 Å². The third-order valence-corrected chi connectivity index (χ3v) is 5.03. The Morgan fingerprint density at radius 3 is 2.77 bits per heavy atom. The van der Waals surface area contributed by atoms with Gasteiger partial charge in [0.2, 0.25) is 0 Å². The standard InChI is InChI=1S/C23H22N6O/c1-2-5-19(25)21-8-4-7-20(28-21)15-10-16(12-24)18-13-26-29(22(18)11-15)23-9-3-6-17(14-30)27-23/h3-4,6-11,13,19,30H,2,5,14,25H2,1H3/t19-/m0/s1. The van der Waals surface area contributed by atoms with Gasteiger partial charge < -0.3 is 10.8 Å². The summed E-state index contributed by atoms with van der Waals surface area (Å²) in [5.74, 6) is 0.573. The van der Waals surface area contributed by atoms with Gasteiger partial charge in [-0.15, -0.1) is 0 Å². The van der Waals surface area contributed by atoms with Crippen LogP contribution >= 0.6 is 0 Å². The Labute approximate surface area is 174 Å². The Morgan fingerprint density at radius 2 is 2.00 bits per heavy atom. The van der Waals surface area contributed by atoms with Crippen molar-refractivity contribution >= 4 is 10.9 Å². The number of nitrogens with two attached hydrogens (primary N) is 1. The van der Waals surface area contributed by atoms with Crippen LogP contribution in [-0.2, 0) is 6.61 Å². The van der Waals surface area contributed by atoms with E-state index in [1.807, 2.05) is 42.5 Å². The molecule has 4 rings (SSSR count). The van der Waals surface area contributed by atoms with Gasteiger partial charge in [-0.1, -0.05) is 25.5 Å². The maximum absolute atomic E-state index is 9.71. The number of rotatable bonds is 6. The molecule has 0 amide bonds. The van der Waals surface area contributed by atoms with Gasteiger partial charge in [-0.05, 0) is 42.8 Å². The second kappa shape index (κ2) is 8.41. The van der Waals surface area contributed by atoms with Crippen molar-refractivity contribution in [3.8, 4) is 23.1 Å². The average molecular weight is 398 g/mol. The van der Waals surface area contributed by atoms with E-state index >= 15 is 0 Å². The molecule has 0 saturated heterocycles. The molecule has 3 aromatic heterocycles. The van der Waals surface area contributed by atoms with Crippen molar-refractivity contribution in [3.05, 3.63) is 71.7 Å². The number of fused-ring (bicyclic) bond motifs is 1. The lowest BCUT2D eigenvalue weighted by atomic mass is 10.0. The Bertz CT molecular complexity index is 1240. The average Bonchev–Trinajstić information content (AvgIpc) is 3.23. The van der Waals surface area contributed by atoms with Crippen LogP contribution in [0.25, 0.3) is 28.0 Å². The van der Waals surface area contributed by atoms with Gasteiger partial charge in [0.1, 0.15) is 0 Å². The minimum Gasteiger partial charge on any atom is -0.390 e. The van der Waals surface area contributed by atoms with Crippen molar-refractivity contribution in [1.29, 1.82) is 5.26 Å². The van der Waals surface area contributed by atoms with Gasteiger partial charge in [-0.25, -0.2) is 9.67 Å². The lowest BCUT2D eigenvalue weighted by Gasteiger charge is -2.12. The molecule has 7 nitrogen and oxygen atoms in total. The first-order valence-corrected chi connectivity index (χ1v) is 9.86. The van der Waals surface area contributed by atoms with Gasteiger partial charge in [-0.2, -0.15) is 10.4 Å². The van der Waals surface area contributed by atoms with E-state index in [4.69, 9.17) is 10.7 Å². The Hall–Kier alpha value is -3.60. The van der Waals surface area contributed by atoms with Crippen LogP contribution < -0.4 is 5.73 Å². The summed E-state index contributed by atoms with van der Waals surface area (Å²) < 4.78 is 1.67. The zero-order chi connectivity index (χ0) is 21.1. The molecule has 150 valence electrons. The van der Waals surface area contributed by atoms with E-state index in [2.05, 4.69) is 23.1 Å². The fourth-order valence-electron chi connectivity index (χ4n) is 3.50.